The summed E-state index contributed by atoms with van der Waals surface area (Å²) in [6.07, 6.45) is 0. The maximum Gasteiger partial charge on any atom is 0.289 e. The van der Waals surface area contributed by atoms with Gasteiger partial charge in [0.05, 0.1) is 0 Å². The topological polar surface area (TPSA) is 45.5 Å². The van der Waals surface area contributed by atoms with E-state index in [4.69, 9.17) is 4.42 Å². The summed E-state index contributed by atoms with van der Waals surface area (Å²) < 4.78 is 6.73. The van der Waals surface area contributed by atoms with Crippen LogP contribution >= 0.6 is 28.3 Å². The fraction of sp³-hybridized carbons (Fsp3) is 0.357. The number of rotatable bonds is 1. The van der Waals surface area contributed by atoms with E-state index in [1.54, 1.807) is 0 Å². The number of piperazine rings is 1. The second-order valence-corrected chi connectivity index (χ2v) is 5.65. The van der Waals surface area contributed by atoms with Crippen molar-refractivity contribution in [1.29, 1.82) is 0 Å². The maximum atomic E-state index is 12.5. The number of amides is 1. The molecule has 1 aromatic heterocycles. The van der Waals surface area contributed by atoms with Crippen LogP contribution in [-0.4, -0.2) is 37.0 Å². The minimum Gasteiger partial charge on any atom is -0.451 e. The van der Waals surface area contributed by atoms with E-state index in [9.17, 15) is 4.79 Å². The van der Waals surface area contributed by atoms with Crippen LogP contribution in [0.4, 0.5) is 0 Å². The molecule has 1 aliphatic heterocycles. The summed E-state index contributed by atoms with van der Waals surface area (Å²) in [6.45, 7) is 5.10. The van der Waals surface area contributed by atoms with Crippen LogP contribution in [-0.2, 0) is 0 Å². The van der Waals surface area contributed by atoms with Gasteiger partial charge in [-0.25, -0.2) is 0 Å². The highest BCUT2D eigenvalue weighted by Crippen LogP contribution is 2.28. The van der Waals surface area contributed by atoms with E-state index in [-0.39, 0.29) is 18.3 Å². The minimum atomic E-state index is -0.00803. The Morgan fingerprint density at radius 2 is 2.05 bits per heavy atom. The summed E-state index contributed by atoms with van der Waals surface area (Å²) in [7, 11) is 0. The average Bonchev–Trinajstić information content (AvgIpc) is 2.76. The molecule has 20 heavy (non-hydrogen) atoms. The Bertz CT molecular complexity index is 635. The number of carbonyl (C=O) groups excluding carboxylic acids is 1. The molecule has 4 nitrogen and oxygen atoms in total. The molecule has 0 unspecified atom stereocenters. The summed E-state index contributed by atoms with van der Waals surface area (Å²) >= 11 is 3.44. The van der Waals surface area contributed by atoms with E-state index in [0.717, 1.165) is 47.2 Å². The summed E-state index contributed by atoms with van der Waals surface area (Å²) in [4.78, 5) is 14.3. The lowest BCUT2D eigenvalue weighted by molar-refractivity contribution is 0.0705. The molecular weight excluding hydrogens is 344 g/mol. The highest BCUT2D eigenvalue weighted by atomic mass is 79.9. The van der Waals surface area contributed by atoms with Crippen LogP contribution in [0.5, 0.6) is 0 Å². The molecule has 2 heterocycles. The van der Waals surface area contributed by atoms with Crippen LogP contribution in [0.15, 0.2) is 27.1 Å². The predicted molar refractivity (Wildman–Crippen MR) is 84.7 cm³/mol. The number of hydrogen-bond donors (Lipinski definition) is 1. The van der Waals surface area contributed by atoms with E-state index in [1.165, 1.54) is 0 Å². The van der Waals surface area contributed by atoms with E-state index >= 15 is 0 Å². The Balaban J connectivity index is 0.00000147. The molecule has 1 saturated heterocycles. The largest absolute Gasteiger partial charge is 0.451 e. The van der Waals surface area contributed by atoms with Crippen molar-refractivity contribution in [3.05, 3.63) is 34.0 Å². The molecular formula is C14H16BrClN2O2. The third-order valence-electron chi connectivity index (χ3n) is 3.50. The van der Waals surface area contributed by atoms with Crippen molar-refractivity contribution in [2.24, 2.45) is 0 Å². The molecule has 3 rings (SSSR count). The molecule has 0 bridgehead atoms. The molecule has 0 atom stereocenters. The molecule has 0 saturated carbocycles. The lowest BCUT2D eigenvalue weighted by Gasteiger charge is -2.26. The third-order valence-corrected chi connectivity index (χ3v) is 3.99. The zero-order valence-corrected chi connectivity index (χ0v) is 13.5. The van der Waals surface area contributed by atoms with Crippen molar-refractivity contribution in [1.82, 2.24) is 10.2 Å². The van der Waals surface area contributed by atoms with Crippen LogP contribution < -0.4 is 5.32 Å². The fourth-order valence-electron chi connectivity index (χ4n) is 2.41. The number of furan rings is 1. The van der Waals surface area contributed by atoms with Crippen LogP contribution in [0.3, 0.4) is 0 Å². The first-order valence-electron chi connectivity index (χ1n) is 6.35. The van der Waals surface area contributed by atoms with Gasteiger partial charge in [-0.15, -0.1) is 12.4 Å². The third kappa shape index (κ3) is 2.71. The highest BCUT2D eigenvalue weighted by molar-refractivity contribution is 9.10. The number of nitrogens with one attached hydrogen (secondary N) is 1. The number of hydrogen-bond acceptors (Lipinski definition) is 3. The van der Waals surface area contributed by atoms with Crippen LogP contribution in [0.1, 0.15) is 16.1 Å². The monoisotopic (exact) mass is 358 g/mol. The summed E-state index contributed by atoms with van der Waals surface area (Å²) in [6, 6.07) is 5.80. The predicted octanol–water partition coefficient (Wildman–Crippen LogP) is 2.97. The lowest BCUT2D eigenvalue weighted by Crippen LogP contribution is -2.46. The summed E-state index contributed by atoms with van der Waals surface area (Å²) in [5.41, 5.74) is 1.68. The van der Waals surface area contributed by atoms with E-state index in [1.807, 2.05) is 30.0 Å². The van der Waals surface area contributed by atoms with Crippen LogP contribution in [0.25, 0.3) is 11.0 Å². The Kier molecular flexibility index (Phi) is 4.73. The Morgan fingerprint density at radius 3 is 2.75 bits per heavy atom. The molecule has 0 radical (unpaired) electrons. The van der Waals surface area contributed by atoms with Gasteiger partial charge in [0.2, 0.25) is 0 Å². The summed E-state index contributed by atoms with van der Waals surface area (Å²) in [5, 5.41) is 4.23. The van der Waals surface area contributed by atoms with Gasteiger partial charge in [-0.2, -0.15) is 0 Å². The molecule has 1 fully saturated rings. The highest BCUT2D eigenvalue weighted by Gasteiger charge is 2.24. The first kappa shape index (κ1) is 15.4. The van der Waals surface area contributed by atoms with Crippen molar-refractivity contribution >= 4 is 45.2 Å². The van der Waals surface area contributed by atoms with Gasteiger partial charge in [-0.05, 0) is 25.1 Å². The van der Waals surface area contributed by atoms with Crippen LogP contribution in [0, 0.1) is 6.92 Å². The Morgan fingerprint density at radius 1 is 1.35 bits per heavy atom. The zero-order chi connectivity index (χ0) is 13.4. The Hall–Kier alpha value is -1.04. The van der Waals surface area contributed by atoms with E-state index in [0.29, 0.717) is 5.76 Å². The van der Waals surface area contributed by atoms with Gasteiger partial charge >= 0.3 is 0 Å². The number of halogens is 2. The van der Waals surface area contributed by atoms with Gasteiger partial charge in [0.1, 0.15) is 5.58 Å². The SMILES string of the molecule is Cc1c(C(=O)N2CCNCC2)oc2ccc(Br)cc12.Cl. The fourth-order valence-corrected chi connectivity index (χ4v) is 2.77. The number of benzene rings is 1. The van der Waals surface area contributed by atoms with Gasteiger partial charge in [0, 0.05) is 41.6 Å². The van der Waals surface area contributed by atoms with Gasteiger partial charge in [0.15, 0.2) is 5.76 Å². The van der Waals surface area contributed by atoms with Gasteiger partial charge in [0.25, 0.3) is 5.91 Å². The Labute approximate surface area is 132 Å². The molecule has 0 aliphatic carbocycles. The molecule has 1 aromatic carbocycles. The van der Waals surface area contributed by atoms with Crippen LogP contribution in [0.2, 0.25) is 0 Å². The lowest BCUT2D eigenvalue weighted by atomic mass is 10.1. The van der Waals surface area contributed by atoms with Crippen molar-refractivity contribution in [2.45, 2.75) is 6.92 Å². The molecule has 6 heteroatoms. The number of fused-ring (bicyclic) bond motifs is 1. The second-order valence-electron chi connectivity index (χ2n) is 4.74. The number of nitrogens with zero attached hydrogens (tertiary/aromatic N) is 1. The smallest absolute Gasteiger partial charge is 0.289 e. The normalized spacial score (nSPS) is 15.2. The standard InChI is InChI=1S/C14H15BrN2O2.ClH/c1-9-11-8-10(15)2-3-12(11)19-13(9)14(18)17-6-4-16-5-7-17;/h2-3,8,16H,4-7H2,1H3;1H. The molecule has 1 amide bonds. The average molecular weight is 360 g/mol. The molecule has 0 spiro atoms. The quantitative estimate of drug-likeness (QED) is 0.851. The van der Waals surface area contributed by atoms with Crippen molar-refractivity contribution in [3.8, 4) is 0 Å². The van der Waals surface area contributed by atoms with Crippen molar-refractivity contribution in [2.75, 3.05) is 26.2 Å². The first-order chi connectivity index (χ1) is 9.16. The van der Waals surface area contributed by atoms with Crippen molar-refractivity contribution in [3.63, 3.8) is 0 Å². The maximum absolute atomic E-state index is 12.5. The number of carbonyl (C=O) groups is 1. The molecule has 1 aliphatic rings. The zero-order valence-electron chi connectivity index (χ0n) is 11.1. The summed E-state index contributed by atoms with van der Waals surface area (Å²) in [5.74, 6) is 0.460. The van der Waals surface area contributed by atoms with E-state index < -0.39 is 0 Å². The minimum absolute atomic E-state index is 0. The molecule has 1 N–H and O–H groups in total. The van der Waals surface area contributed by atoms with Gasteiger partial charge < -0.3 is 14.6 Å². The first-order valence-corrected chi connectivity index (χ1v) is 7.15. The molecule has 2 aromatic rings. The van der Waals surface area contributed by atoms with Crippen molar-refractivity contribution < 1.29 is 9.21 Å². The molecule has 108 valence electrons. The van der Waals surface area contributed by atoms with Gasteiger partial charge in [-0.1, -0.05) is 15.9 Å². The second kappa shape index (κ2) is 6.16. The van der Waals surface area contributed by atoms with E-state index in [2.05, 4.69) is 21.2 Å². The van der Waals surface area contributed by atoms with Gasteiger partial charge in [-0.3, -0.25) is 4.79 Å². The number of aryl methyl sites for hydroxylation is 1.